The molecule has 0 spiro atoms. The van der Waals surface area contributed by atoms with E-state index in [1.165, 1.54) is 12.1 Å². The van der Waals surface area contributed by atoms with Gasteiger partial charge in [-0.3, -0.25) is 10.1 Å². The number of hydrogen-bond donors (Lipinski definition) is 0. The van der Waals surface area contributed by atoms with Gasteiger partial charge in [-0.1, -0.05) is 15.9 Å². The fourth-order valence-corrected chi connectivity index (χ4v) is 3.20. The lowest BCUT2D eigenvalue weighted by Gasteiger charge is -1.99. The van der Waals surface area contributed by atoms with Crippen LogP contribution in [0.25, 0.3) is 22.3 Å². The maximum absolute atomic E-state index is 10.7. The number of hydrogen-bond acceptors (Lipinski definition) is 3. The first-order valence-electron chi connectivity index (χ1n) is 8.00. The van der Waals surface area contributed by atoms with Crippen molar-refractivity contribution in [1.29, 1.82) is 0 Å². The molecule has 4 aromatic rings. The van der Waals surface area contributed by atoms with E-state index in [-0.39, 0.29) is 5.69 Å². The van der Waals surface area contributed by atoms with E-state index in [2.05, 4.69) is 15.9 Å². The molecule has 0 aliphatic carbocycles. The first kappa shape index (κ1) is 16.5. The van der Waals surface area contributed by atoms with Crippen molar-refractivity contribution in [3.63, 3.8) is 0 Å². The number of nitrogens with zero attached hydrogens (tertiary/aromatic N) is 2. The van der Waals surface area contributed by atoms with E-state index in [1.807, 2.05) is 53.4 Å². The van der Waals surface area contributed by atoms with Gasteiger partial charge in [0.05, 0.1) is 4.92 Å². The molecule has 2 aromatic heterocycles. The van der Waals surface area contributed by atoms with Crippen LogP contribution in [0.15, 0.2) is 81.9 Å². The molecule has 6 heteroatoms. The van der Waals surface area contributed by atoms with Gasteiger partial charge in [-0.05, 0) is 36.4 Å². The van der Waals surface area contributed by atoms with Crippen LogP contribution < -0.4 is 4.57 Å². The van der Waals surface area contributed by atoms with Crippen LogP contribution >= 0.6 is 15.9 Å². The molecule has 0 bridgehead atoms. The van der Waals surface area contributed by atoms with Crippen LogP contribution in [0.2, 0.25) is 0 Å². The molecule has 0 atom stereocenters. The zero-order valence-electron chi connectivity index (χ0n) is 13.6. The molecule has 26 heavy (non-hydrogen) atoms. The minimum absolute atomic E-state index is 0.102. The molecule has 0 radical (unpaired) electrons. The number of benzene rings is 2. The number of pyridine rings is 1. The van der Waals surface area contributed by atoms with Gasteiger partial charge in [0.1, 0.15) is 11.3 Å². The second kappa shape index (κ2) is 6.72. The number of rotatable bonds is 4. The molecule has 2 aromatic carbocycles. The lowest BCUT2D eigenvalue weighted by atomic mass is 10.2. The van der Waals surface area contributed by atoms with Crippen molar-refractivity contribution in [3.05, 3.63) is 93.2 Å². The number of halogens is 1. The van der Waals surface area contributed by atoms with E-state index in [4.69, 9.17) is 4.42 Å². The average molecular weight is 410 g/mol. The van der Waals surface area contributed by atoms with Gasteiger partial charge in [-0.15, -0.1) is 0 Å². The summed E-state index contributed by atoms with van der Waals surface area (Å²) in [6.07, 6.45) is 3.94. The zero-order valence-corrected chi connectivity index (χ0v) is 15.2. The maximum Gasteiger partial charge on any atom is 0.269 e. The Labute approximate surface area is 157 Å². The highest BCUT2D eigenvalue weighted by Gasteiger charge is 2.10. The van der Waals surface area contributed by atoms with Crippen molar-refractivity contribution in [1.82, 2.24) is 0 Å². The Hall–Kier alpha value is -2.99. The highest BCUT2D eigenvalue weighted by atomic mass is 79.9. The van der Waals surface area contributed by atoms with Crippen LogP contribution in [0, 0.1) is 10.1 Å². The molecular formula is C20H14BrN2O3+. The lowest BCUT2D eigenvalue weighted by molar-refractivity contribution is -0.688. The Balaban J connectivity index is 1.54. The van der Waals surface area contributed by atoms with Crippen LogP contribution in [-0.2, 0) is 6.54 Å². The third-order valence-electron chi connectivity index (χ3n) is 4.17. The normalized spacial score (nSPS) is 11.0. The molecule has 5 nitrogen and oxygen atoms in total. The predicted octanol–water partition coefficient (Wildman–Crippen LogP) is 5.11. The Morgan fingerprint density at radius 1 is 1.00 bits per heavy atom. The minimum atomic E-state index is -0.391. The Bertz CT molecular complexity index is 1090. The van der Waals surface area contributed by atoms with Crippen LogP contribution in [0.3, 0.4) is 0 Å². The van der Waals surface area contributed by atoms with Gasteiger partial charge in [-0.25, -0.2) is 4.57 Å². The zero-order chi connectivity index (χ0) is 18.1. The van der Waals surface area contributed by atoms with Crippen LogP contribution in [0.1, 0.15) is 5.56 Å². The van der Waals surface area contributed by atoms with E-state index in [0.717, 1.165) is 32.3 Å². The molecule has 0 amide bonds. The van der Waals surface area contributed by atoms with E-state index in [9.17, 15) is 10.1 Å². The van der Waals surface area contributed by atoms with E-state index >= 15 is 0 Å². The van der Waals surface area contributed by atoms with Gasteiger partial charge in [0.15, 0.2) is 18.9 Å². The first-order chi connectivity index (χ1) is 12.6. The Morgan fingerprint density at radius 2 is 1.73 bits per heavy atom. The summed E-state index contributed by atoms with van der Waals surface area (Å²) in [5.74, 6) is 0.820. The van der Waals surface area contributed by atoms with Crippen LogP contribution in [0.5, 0.6) is 0 Å². The smallest absolute Gasteiger partial charge is 0.269 e. The molecule has 0 saturated heterocycles. The Morgan fingerprint density at radius 3 is 2.42 bits per heavy atom. The second-order valence-corrected chi connectivity index (χ2v) is 6.89. The van der Waals surface area contributed by atoms with Crippen molar-refractivity contribution in [2.75, 3.05) is 0 Å². The maximum atomic E-state index is 10.7. The molecular weight excluding hydrogens is 396 g/mol. The van der Waals surface area contributed by atoms with Gasteiger partial charge in [0.2, 0.25) is 0 Å². The second-order valence-electron chi connectivity index (χ2n) is 5.98. The third-order valence-corrected chi connectivity index (χ3v) is 4.66. The van der Waals surface area contributed by atoms with Gasteiger partial charge < -0.3 is 4.42 Å². The summed E-state index contributed by atoms with van der Waals surface area (Å²) in [6, 6.07) is 18.5. The number of nitro benzene ring substituents is 1. The molecule has 128 valence electrons. The van der Waals surface area contributed by atoms with Gasteiger partial charge >= 0.3 is 0 Å². The standard InChI is InChI=1S/C20H14BrN2O3/c21-17-3-6-19-16(11-17)12-20(26-19)15-7-9-22(10-8-15)13-14-1-4-18(5-2-14)23(24)25/h1-12H,13H2/q+1. The summed E-state index contributed by atoms with van der Waals surface area (Å²) in [5.41, 5.74) is 2.95. The molecule has 4 rings (SSSR count). The van der Waals surface area contributed by atoms with E-state index in [1.54, 1.807) is 12.1 Å². The number of furan rings is 1. The average Bonchev–Trinajstić information content (AvgIpc) is 3.06. The minimum Gasteiger partial charge on any atom is -0.456 e. The summed E-state index contributed by atoms with van der Waals surface area (Å²) in [5, 5.41) is 11.8. The Kier molecular flexibility index (Phi) is 4.26. The summed E-state index contributed by atoms with van der Waals surface area (Å²) in [4.78, 5) is 10.3. The lowest BCUT2D eigenvalue weighted by Crippen LogP contribution is -2.32. The fraction of sp³-hybridized carbons (Fsp3) is 0.0500. The quantitative estimate of drug-likeness (QED) is 0.267. The molecule has 0 aliphatic rings. The van der Waals surface area contributed by atoms with Gasteiger partial charge in [-0.2, -0.15) is 0 Å². The summed E-state index contributed by atoms with van der Waals surface area (Å²) in [7, 11) is 0. The topological polar surface area (TPSA) is 60.2 Å². The summed E-state index contributed by atoms with van der Waals surface area (Å²) >= 11 is 3.47. The molecule has 2 heterocycles. The predicted molar refractivity (Wildman–Crippen MR) is 102 cm³/mol. The van der Waals surface area contributed by atoms with Crippen molar-refractivity contribution in [3.8, 4) is 11.3 Å². The number of nitro groups is 1. The van der Waals surface area contributed by atoms with Crippen molar-refractivity contribution in [2.24, 2.45) is 0 Å². The molecule has 0 unspecified atom stereocenters. The number of fused-ring (bicyclic) bond motifs is 1. The largest absolute Gasteiger partial charge is 0.456 e. The highest BCUT2D eigenvalue weighted by Crippen LogP contribution is 2.29. The van der Waals surface area contributed by atoms with E-state index in [0.29, 0.717) is 6.54 Å². The number of aromatic nitrogens is 1. The van der Waals surface area contributed by atoms with Gasteiger partial charge in [0, 0.05) is 45.3 Å². The highest BCUT2D eigenvalue weighted by molar-refractivity contribution is 9.10. The SMILES string of the molecule is O=[N+]([O-])c1ccc(C[n+]2ccc(-c3cc4cc(Br)ccc4o3)cc2)cc1. The fourth-order valence-electron chi connectivity index (χ4n) is 2.82. The van der Waals surface area contributed by atoms with Crippen molar-refractivity contribution < 1.29 is 13.9 Å². The van der Waals surface area contributed by atoms with Crippen molar-refractivity contribution in [2.45, 2.75) is 6.54 Å². The summed E-state index contributed by atoms with van der Waals surface area (Å²) < 4.78 is 8.95. The van der Waals surface area contributed by atoms with Gasteiger partial charge in [0.25, 0.3) is 5.69 Å². The van der Waals surface area contributed by atoms with Crippen LogP contribution in [-0.4, -0.2) is 4.92 Å². The molecule has 0 aliphatic heterocycles. The summed E-state index contributed by atoms with van der Waals surface area (Å²) in [6.45, 7) is 0.644. The van der Waals surface area contributed by atoms with Crippen LogP contribution in [0.4, 0.5) is 5.69 Å². The molecule has 0 fully saturated rings. The number of non-ortho nitro benzene ring substituents is 1. The molecule has 0 N–H and O–H groups in total. The monoisotopic (exact) mass is 409 g/mol. The third kappa shape index (κ3) is 3.36. The van der Waals surface area contributed by atoms with E-state index < -0.39 is 4.92 Å². The first-order valence-corrected chi connectivity index (χ1v) is 8.80. The van der Waals surface area contributed by atoms with Crippen molar-refractivity contribution >= 4 is 32.6 Å². The molecule has 0 saturated carbocycles.